The molecule has 1 aromatic heterocycles. The van der Waals surface area contributed by atoms with Crippen LogP contribution in [0.1, 0.15) is 24.5 Å². The first kappa shape index (κ1) is 12.1. The van der Waals surface area contributed by atoms with Crippen molar-refractivity contribution in [3.05, 3.63) is 33.7 Å². The fourth-order valence-corrected chi connectivity index (χ4v) is 1.14. The van der Waals surface area contributed by atoms with E-state index in [1.54, 1.807) is 19.2 Å². The van der Waals surface area contributed by atoms with Crippen molar-refractivity contribution in [2.45, 2.75) is 20.3 Å². The van der Waals surface area contributed by atoms with E-state index < -0.39 is 0 Å². The zero-order chi connectivity index (χ0) is 12.0. The molecule has 0 bridgehead atoms. The van der Waals surface area contributed by atoms with E-state index in [1.807, 2.05) is 0 Å². The van der Waals surface area contributed by atoms with E-state index in [0.29, 0.717) is 18.5 Å². The van der Waals surface area contributed by atoms with Gasteiger partial charge >= 0.3 is 0 Å². The Kier molecular flexibility index (Phi) is 4.34. The van der Waals surface area contributed by atoms with Crippen LogP contribution in [0, 0.1) is 18.8 Å². The first-order valence-corrected chi connectivity index (χ1v) is 5.02. The van der Waals surface area contributed by atoms with Gasteiger partial charge in [0.25, 0.3) is 5.56 Å². The zero-order valence-electron chi connectivity index (χ0n) is 9.39. The third-order valence-electron chi connectivity index (χ3n) is 1.95. The van der Waals surface area contributed by atoms with Crippen LogP contribution >= 0.6 is 0 Å². The molecule has 16 heavy (non-hydrogen) atoms. The van der Waals surface area contributed by atoms with Gasteiger partial charge in [-0.15, -0.1) is 0 Å². The predicted molar refractivity (Wildman–Crippen MR) is 62.0 cm³/mol. The van der Waals surface area contributed by atoms with Crippen molar-refractivity contribution in [3.8, 4) is 11.8 Å². The summed E-state index contributed by atoms with van der Waals surface area (Å²) in [5.74, 6) is 5.78. The Morgan fingerprint density at radius 1 is 1.56 bits per heavy atom. The number of hydrogen-bond acceptors (Lipinski definition) is 2. The second-order valence-electron chi connectivity index (χ2n) is 3.44. The lowest BCUT2D eigenvalue weighted by Crippen LogP contribution is -2.20. The normalized spacial score (nSPS) is 9.12. The van der Waals surface area contributed by atoms with Crippen molar-refractivity contribution in [2.24, 2.45) is 0 Å². The van der Waals surface area contributed by atoms with E-state index in [1.165, 1.54) is 6.92 Å². The zero-order valence-corrected chi connectivity index (χ0v) is 9.39. The quantitative estimate of drug-likeness (QED) is 0.563. The highest BCUT2D eigenvalue weighted by molar-refractivity contribution is 5.72. The number of carbonyl (C=O) groups excluding carboxylic acids is 1. The Morgan fingerprint density at radius 2 is 2.31 bits per heavy atom. The molecule has 0 atom stereocenters. The van der Waals surface area contributed by atoms with Gasteiger partial charge in [-0.2, -0.15) is 0 Å². The molecule has 0 aliphatic carbocycles. The fourth-order valence-electron chi connectivity index (χ4n) is 1.14. The average Bonchev–Trinajstić information content (AvgIpc) is 2.22. The van der Waals surface area contributed by atoms with Crippen LogP contribution < -0.4 is 10.9 Å². The second-order valence-corrected chi connectivity index (χ2v) is 3.44. The van der Waals surface area contributed by atoms with Crippen LogP contribution in [0.15, 0.2) is 17.1 Å². The first-order chi connectivity index (χ1) is 7.59. The summed E-state index contributed by atoms with van der Waals surface area (Å²) in [6.07, 6.45) is 2.18. The van der Waals surface area contributed by atoms with Crippen molar-refractivity contribution >= 4 is 5.91 Å². The second kappa shape index (κ2) is 5.76. The average molecular weight is 218 g/mol. The predicted octanol–water partition coefficient (Wildman–Crippen LogP) is 0.561. The number of pyridine rings is 1. The molecule has 0 aromatic carbocycles. The maximum atomic E-state index is 11.1. The van der Waals surface area contributed by atoms with Gasteiger partial charge in [-0.25, -0.2) is 0 Å². The van der Waals surface area contributed by atoms with Gasteiger partial charge in [0.15, 0.2) is 0 Å². The van der Waals surface area contributed by atoms with Crippen LogP contribution in [0.25, 0.3) is 0 Å². The summed E-state index contributed by atoms with van der Waals surface area (Å²) in [6, 6.07) is 1.74. The molecule has 0 aliphatic rings. The minimum atomic E-state index is -0.0937. The molecule has 84 valence electrons. The lowest BCUT2D eigenvalue weighted by Gasteiger charge is -1.95. The molecular weight excluding hydrogens is 204 g/mol. The topological polar surface area (TPSA) is 62.0 Å². The summed E-state index contributed by atoms with van der Waals surface area (Å²) in [6.45, 7) is 3.75. The molecule has 0 unspecified atom stereocenters. The number of rotatable bonds is 2. The summed E-state index contributed by atoms with van der Waals surface area (Å²) in [5, 5.41) is 2.65. The Hall–Kier alpha value is -2.02. The smallest absolute Gasteiger partial charge is 0.250 e. The lowest BCUT2D eigenvalue weighted by molar-refractivity contribution is -0.118. The van der Waals surface area contributed by atoms with Crippen LogP contribution in [-0.2, 0) is 4.79 Å². The molecule has 4 heteroatoms. The first-order valence-electron chi connectivity index (χ1n) is 5.02. The Bertz CT molecular complexity index is 492. The van der Waals surface area contributed by atoms with Crippen LogP contribution in [0.3, 0.4) is 0 Å². The van der Waals surface area contributed by atoms with E-state index in [4.69, 9.17) is 0 Å². The fraction of sp³-hybridized carbons (Fsp3) is 0.333. The third-order valence-corrected chi connectivity index (χ3v) is 1.95. The molecular formula is C12H14N2O2. The summed E-state index contributed by atoms with van der Waals surface area (Å²) in [4.78, 5) is 24.2. The SMILES string of the molecule is CC(=O)NCCC#Cc1c[nH]c(=O)c(C)c1. The maximum Gasteiger partial charge on any atom is 0.250 e. The number of aryl methyl sites for hydroxylation is 1. The molecule has 1 aromatic rings. The molecule has 0 spiro atoms. The summed E-state index contributed by atoms with van der Waals surface area (Å²) >= 11 is 0. The number of carbonyl (C=O) groups is 1. The Labute approximate surface area is 94.1 Å². The van der Waals surface area contributed by atoms with Gasteiger partial charge < -0.3 is 10.3 Å². The Balaban J connectivity index is 2.53. The molecule has 0 saturated heterocycles. The molecule has 4 nitrogen and oxygen atoms in total. The van der Waals surface area contributed by atoms with E-state index >= 15 is 0 Å². The van der Waals surface area contributed by atoms with E-state index in [2.05, 4.69) is 22.1 Å². The number of aromatic nitrogens is 1. The van der Waals surface area contributed by atoms with Crippen molar-refractivity contribution in [1.82, 2.24) is 10.3 Å². The van der Waals surface area contributed by atoms with Gasteiger partial charge in [0.05, 0.1) is 0 Å². The molecule has 2 N–H and O–H groups in total. The number of aromatic amines is 1. The van der Waals surface area contributed by atoms with Crippen molar-refractivity contribution in [3.63, 3.8) is 0 Å². The molecule has 0 saturated carbocycles. The standard InChI is InChI=1S/C12H14N2O2/c1-9-7-11(8-14-12(9)16)5-3-4-6-13-10(2)15/h7-8H,4,6H2,1-2H3,(H,13,15)(H,14,16). The molecule has 0 aliphatic heterocycles. The van der Waals surface area contributed by atoms with Crippen LogP contribution in [0.5, 0.6) is 0 Å². The molecule has 1 rings (SSSR count). The minimum absolute atomic E-state index is 0.0540. The van der Waals surface area contributed by atoms with Crippen LogP contribution in [0.2, 0.25) is 0 Å². The number of H-pyrrole nitrogens is 1. The minimum Gasteiger partial charge on any atom is -0.355 e. The largest absolute Gasteiger partial charge is 0.355 e. The van der Waals surface area contributed by atoms with Crippen molar-refractivity contribution in [1.29, 1.82) is 0 Å². The number of amides is 1. The highest BCUT2D eigenvalue weighted by Gasteiger charge is 1.93. The van der Waals surface area contributed by atoms with Gasteiger partial charge in [-0.3, -0.25) is 9.59 Å². The van der Waals surface area contributed by atoms with Crippen molar-refractivity contribution in [2.75, 3.05) is 6.54 Å². The highest BCUT2D eigenvalue weighted by Crippen LogP contribution is 1.94. The van der Waals surface area contributed by atoms with Gasteiger partial charge in [-0.05, 0) is 13.0 Å². The lowest BCUT2D eigenvalue weighted by atomic mass is 10.2. The van der Waals surface area contributed by atoms with E-state index in [0.717, 1.165) is 5.56 Å². The van der Waals surface area contributed by atoms with Crippen molar-refractivity contribution < 1.29 is 4.79 Å². The summed E-state index contributed by atoms with van der Waals surface area (Å²) in [5.41, 5.74) is 1.33. The van der Waals surface area contributed by atoms with E-state index in [9.17, 15) is 9.59 Å². The van der Waals surface area contributed by atoms with Gasteiger partial charge in [0, 0.05) is 37.2 Å². The maximum absolute atomic E-state index is 11.1. The van der Waals surface area contributed by atoms with Crippen LogP contribution in [0.4, 0.5) is 0 Å². The summed E-state index contributed by atoms with van der Waals surface area (Å²) in [7, 11) is 0. The summed E-state index contributed by atoms with van der Waals surface area (Å²) < 4.78 is 0. The molecule has 0 fully saturated rings. The number of hydrogen-bond donors (Lipinski definition) is 2. The van der Waals surface area contributed by atoms with Gasteiger partial charge in [0.1, 0.15) is 0 Å². The van der Waals surface area contributed by atoms with E-state index in [-0.39, 0.29) is 11.5 Å². The molecule has 0 radical (unpaired) electrons. The van der Waals surface area contributed by atoms with Gasteiger partial charge in [-0.1, -0.05) is 11.8 Å². The Morgan fingerprint density at radius 3 is 2.94 bits per heavy atom. The monoisotopic (exact) mass is 218 g/mol. The number of nitrogens with one attached hydrogen (secondary N) is 2. The highest BCUT2D eigenvalue weighted by atomic mass is 16.1. The molecule has 1 amide bonds. The van der Waals surface area contributed by atoms with Crippen LogP contribution in [-0.4, -0.2) is 17.4 Å². The van der Waals surface area contributed by atoms with Gasteiger partial charge in [0.2, 0.25) is 5.91 Å². The molecule has 1 heterocycles. The third kappa shape index (κ3) is 4.01.